The Hall–Kier alpha value is -2.25. The first-order chi connectivity index (χ1) is 13.6. The van der Waals surface area contributed by atoms with Crippen molar-refractivity contribution in [2.24, 2.45) is 7.05 Å². The summed E-state index contributed by atoms with van der Waals surface area (Å²) in [6.45, 7) is 1.11. The molecule has 0 spiro atoms. The van der Waals surface area contributed by atoms with Crippen molar-refractivity contribution in [2.45, 2.75) is 63.1 Å². The molecule has 7 heteroatoms. The molecule has 1 aromatic carbocycles. The topological polar surface area (TPSA) is 92.1 Å². The lowest BCUT2D eigenvalue weighted by atomic mass is 9.89. The second-order valence-electron chi connectivity index (χ2n) is 7.95. The van der Waals surface area contributed by atoms with Crippen LogP contribution in [0.15, 0.2) is 24.3 Å². The highest BCUT2D eigenvalue weighted by Crippen LogP contribution is 2.32. The molecule has 150 valence electrons. The molecule has 1 saturated carbocycles. The van der Waals surface area contributed by atoms with Gasteiger partial charge in [0.2, 0.25) is 5.91 Å². The number of rotatable bonds is 5. The molecule has 1 aliphatic heterocycles. The number of aliphatic hydroxyl groups is 1. The summed E-state index contributed by atoms with van der Waals surface area (Å²) in [6.07, 6.45) is 6.31. The zero-order valence-electron chi connectivity index (χ0n) is 16.4. The third-order valence-electron chi connectivity index (χ3n) is 5.92. The van der Waals surface area contributed by atoms with E-state index < -0.39 is 12.1 Å². The largest absolute Gasteiger partial charge is 0.391 e. The van der Waals surface area contributed by atoms with E-state index in [-0.39, 0.29) is 5.91 Å². The van der Waals surface area contributed by atoms with E-state index >= 15 is 0 Å². The fourth-order valence-electron chi connectivity index (χ4n) is 4.26. The highest BCUT2D eigenvalue weighted by Gasteiger charge is 2.30. The number of benzene rings is 1. The molecule has 2 aromatic rings. The molecule has 2 atom stereocenters. The SMILES string of the molecule is Cn1nc(-c2ccc(CNC(=O)C3NCCC3O)cc2)nc1C1CCCCC1. The van der Waals surface area contributed by atoms with Crippen molar-refractivity contribution in [3.8, 4) is 11.4 Å². The van der Waals surface area contributed by atoms with E-state index in [4.69, 9.17) is 4.98 Å². The van der Waals surface area contributed by atoms with Gasteiger partial charge >= 0.3 is 0 Å². The van der Waals surface area contributed by atoms with Crippen LogP contribution in [0.2, 0.25) is 0 Å². The smallest absolute Gasteiger partial charge is 0.240 e. The van der Waals surface area contributed by atoms with E-state index in [2.05, 4.69) is 15.7 Å². The monoisotopic (exact) mass is 383 g/mol. The minimum absolute atomic E-state index is 0.155. The third kappa shape index (κ3) is 4.10. The van der Waals surface area contributed by atoms with Crippen LogP contribution in [0, 0.1) is 0 Å². The zero-order valence-corrected chi connectivity index (χ0v) is 16.4. The minimum Gasteiger partial charge on any atom is -0.391 e. The van der Waals surface area contributed by atoms with Crippen molar-refractivity contribution in [1.82, 2.24) is 25.4 Å². The van der Waals surface area contributed by atoms with Gasteiger partial charge in [0.05, 0.1) is 6.10 Å². The Bertz CT molecular complexity index is 811. The number of aryl methyl sites for hydroxylation is 1. The molecular formula is C21H29N5O2. The Labute approximate surface area is 165 Å². The van der Waals surface area contributed by atoms with Gasteiger partial charge in [0.1, 0.15) is 11.9 Å². The summed E-state index contributed by atoms with van der Waals surface area (Å²) in [5, 5.41) is 20.3. The first-order valence-corrected chi connectivity index (χ1v) is 10.3. The van der Waals surface area contributed by atoms with E-state index in [1.165, 1.54) is 32.1 Å². The molecular weight excluding hydrogens is 354 g/mol. The molecule has 1 amide bonds. The molecule has 7 nitrogen and oxygen atoms in total. The van der Waals surface area contributed by atoms with Crippen molar-refractivity contribution < 1.29 is 9.90 Å². The van der Waals surface area contributed by atoms with Gasteiger partial charge in [0, 0.05) is 25.1 Å². The van der Waals surface area contributed by atoms with Crippen molar-refractivity contribution in [2.75, 3.05) is 6.54 Å². The van der Waals surface area contributed by atoms with Gasteiger partial charge in [-0.3, -0.25) is 9.48 Å². The number of hydrogen-bond donors (Lipinski definition) is 3. The van der Waals surface area contributed by atoms with Crippen LogP contribution in [0.1, 0.15) is 55.8 Å². The highest BCUT2D eigenvalue weighted by atomic mass is 16.3. The van der Waals surface area contributed by atoms with Gasteiger partial charge in [0.15, 0.2) is 5.82 Å². The third-order valence-corrected chi connectivity index (χ3v) is 5.92. The first-order valence-electron chi connectivity index (χ1n) is 10.3. The van der Waals surface area contributed by atoms with Crippen LogP contribution in [-0.4, -0.2) is 44.5 Å². The quantitative estimate of drug-likeness (QED) is 0.733. The summed E-state index contributed by atoms with van der Waals surface area (Å²) in [6, 6.07) is 7.49. The standard InChI is InChI=1S/C21H29N5O2/c1-26-20(16-5-3-2-4-6-16)24-19(25-26)15-9-7-14(8-10-15)13-23-21(28)18-17(27)11-12-22-18/h7-10,16-18,22,27H,2-6,11-13H2,1H3,(H,23,28). The average Bonchev–Trinajstić information content (AvgIpc) is 3.33. The molecule has 2 unspecified atom stereocenters. The van der Waals surface area contributed by atoms with Gasteiger partial charge < -0.3 is 15.7 Å². The summed E-state index contributed by atoms with van der Waals surface area (Å²) < 4.78 is 1.93. The summed E-state index contributed by atoms with van der Waals surface area (Å²) in [7, 11) is 1.98. The zero-order chi connectivity index (χ0) is 19.5. The Balaban J connectivity index is 1.38. The van der Waals surface area contributed by atoms with Gasteiger partial charge in [-0.05, 0) is 31.4 Å². The van der Waals surface area contributed by atoms with Crippen LogP contribution in [0.25, 0.3) is 11.4 Å². The predicted molar refractivity (Wildman–Crippen MR) is 107 cm³/mol. The normalized spacial score (nSPS) is 23.1. The minimum atomic E-state index is -0.601. The fourth-order valence-corrected chi connectivity index (χ4v) is 4.26. The Morgan fingerprint density at radius 3 is 2.64 bits per heavy atom. The van der Waals surface area contributed by atoms with Crippen LogP contribution < -0.4 is 10.6 Å². The Morgan fingerprint density at radius 2 is 1.96 bits per heavy atom. The number of carbonyl (C=O) groups excluding carboxylic acids is 1. The van der Waals surface area contributed by atoms with Crippen molar-refractivity contribution in [3.63, 3.8) is 0 Å². The number of nitrogens with zero attached hydrogens (tertiary/aromatic N) is 3. The van der Waals surface area contributed by atoms with Crippen molar-refractivity contribution in [3.05, 3.63) is 35.7 Å². The molecule has 3 N–H and O–H groups in total. The lowest BCUT2D eigenvalue weighted by Gasteiger charge is -2.20. The van der Waals surface area contributed by atoms with Gasteiger partial charge in [-0.1, -0.05) is 43.5 Å². The van der Waals surface area contributed by atoms with Gasteiger partial charge in [-0.2, -0.15) is 5.10 Å². The second kappa shape index (κ2) is 8.41. The van der Waals surface area contributed by atoms with Gasteiger partial charge in [0.25, 0.3) is 0 Å². The Morgan fingerprint density at radius 1 is 1.21 bits per heavy atom. The highest BCUT2D eigenvalue weighted by molar-refractivity contribution is 5.82. The lowest BCUT2D eigenvalue weighted by molar-refractivity contribution is -0.124. The summed E-state index contributed by atoms with van der Waals surface area (Å²) in [4.78, 5) is 17.0. The van der Waals surface area contributed by atoms with Crippen LogP contribution >= 0.6 is 0 Å². The molecule has 1 saturated heterocycles. The van der Waals surface area contributed by atoms with Gasteiger partial charge in [-0.15, -0.1) is 0 Å². The maximum absolute atomic E-state index is 12.2. The number of carbonyl (C=O) groups is 1. The number of amides is 1. The van der Waals surface area contributed by atoms with E-state index in [9.17, 15) is 9.90 Å². The van der Waals surface area contributed by atoms with Crippen LogP contribution in [0.4, 0.5) is 0 Å². The van der Waals surface area contributed by atoms with Crippen LogP contribution in [0.3, 0.4) is 0 Å². The van der Waals surface area contributed by atoms with Crippen LogP contribution in [-0.2, 0) is 18.4 Å². The first kappa shape index (κ1) is 19.1. The summed E-state index contributed by atoms with van der Waals surface area (Å²) >= 11 is 0. The number of aromatic nitrogens is 3. The van der Waals surface area contributed by atoms with Crippen molar-refractivity contribution in [1.29, 1.82) is 0 Å². The van der Waals surface area contributed by atoms with E-state index in [0.717, 1.165) is 22.8 Å². The van der Waals surface area contributed by atoms with E-state index in [0.29, 0.717) is 25.4 Å². The van der Waals surface area contributed by atoms with E-state index in [1.54, 1.807) is 0 Å². The maximum atomic E-state index is 12.2. The molecule has 0 bridgehead atoms. The molecule has 1 aromatic heterocycles. The van der Waals surface area contributed by atoms with Gasteiger partial charge in [-0.25, -0.2) is 4.98 Å². The molecule has 2 fully saturated rings. The molecule has 28 heavy (non-hydrogen) atoms. The van der Waals surface area contributed by atoms with Crippen molar-refractivity contribution >= 4 is 5.91 Å². The average molecular weight is 383 g/mol. The van der Waals surface area contributed by atoms with E-state index in [1.807, 2.05) is 36.0 Å². The lowest BCUT2D eigenvalue weighted by Crippen LogP contribution is -2.45. The number of aliphatic hydroxyl groups excluding tert-OH is 1. The summed E-state index contributed by atoms with van der Waals surface area (Å²) in [5.74, 6) is 2.22. The molecule has 0 radical (unpaired) electrons. The van der Waals surface area contributed by atoms with Crippen LogP contribution in [0.5, 0.6) is 0 Å². The molecule has 1 aliphatic carbocycles. The Kier molecular flexibility index (Phi) is 5.73. The molecule has 2 heterocycles. The summed E-state index contributed by atoms with van der Waals surface area (Å²) in [5.41, 5.74) is 1.99. The fraction of sp³-hybridized carbons (Fsp3) is 0.571. The molecule has 2 aliphatic rings. The maximum Gasteiger partial charge on any atom is 0.240 e. The predicted octanol–water partition coefficient (Wildman–Crippen LogP) is 1.87. The number of hydrogen-bond acceptors (Lipinski definition) is 5. The molecule has 4 rings (SSSR count). The number of nitrogens with one attached hydrogen (secondary N) is 2. The second-order valence-corrected chi connectivity index (χ2v) is 7.95.